The van der Waals surface area contributed by atoms with Gasteiger partial charge in [0, 0.05) is 11.4 Å². The molecular weight excluding hydrogens is 550 g/mol. The normalized spacial score (nSPS) is 10.9. The van der Waals surface area contributed by atoms with Crippen molar-refractivity contribution < 1.29 is 14.0 Å². The average molecular weight is 615 g/mol. The van der Waals surface area contributed by atoms with Crippen LogP contribution in [-0.4, -0.2) is 50.0 Å². The first kappa shape index (κ1) is 38.7. The minimum Gasteiger partial charge on any atom is -0.494 e. The minimum atomic E-state index is 0.535. The molecule has 0 atom stereocenters. The second-order valence-electron chi connectivity index (χ2n) is 12.1. The van der Waals surface area contributed by atoms with Crippen molar-refractivity contribution in [3.8, 4) is 11.5 Å². The fourth-order valence-electron chi connectivity index (χ4n) is 4.79. The van der Waals surface area contributed by atoms with Gasteiger partial charge < -0.3 is 24.6 Å². The maximum absolute atomic E-state index is 5.40. The highest BCUT2D eigenvalue weighted by Gasteiger charge is 2.10. The van der Waals surface area contributed by atoms with Gasteiger partial charge in [-0.15, -0.1) is 0 Å². The van der Waals surface area contributed by atoms with Crippen LogP contribution in [0.15, 0.2) is 48.5 Å². The van der Waals surface area contributed by atoms with Crippen molar-refractivity contribution in [1.29, 1.82) is 0 Å². The van der Waals surface area contributed by atoms with Crippen molar-refractivity contribution >= 4 is 28.7 Å². The lowest BCUT2D eigenvalue weighted by atomic mass is 10.0. The highest BCUT2D eigenvalue weighted by molar-refractivity contribution is 7.80. The van der Waals surface area contributed by atoms with Crippen LogP contribution in [0.5, 0.6) is 11.5 Å². The Morgan fingerprint density at radius 2 is 0.907 bits per heavy atom. The van der Waals surface area contributed by atoms with Gasteiger partial charge in [0.1, 0.15) is 11.5 Å². The van der Waals surface area contributed by atoms with E-state index in [0.717, 1.165) is 22.9 Å². The summed E-state index contributed by atoms with van der Waals surface area (Å²) in [5, 5.41) is 6.80. The van der Waals surface area contributed by atoms with Gasteiger partial charge in [-0.05, 0) is 94.4 Å². The molecule has 2 aromatic carbocycles. The summed E-state index contributed by atoms with van der Waals surface area (Å²) >= 11 is 5.30. The van der Waals surface area contributed by atoms with E-state index in [4.69, 9.17) is 21.7 Å². The van der Waals surface area contributed by atoms with E-state index in [9.17, 15) is 0 Å². The van der Waals surface area contributed by atoms with Crippen LogP contribution in [0.2, 0.25) is 0 Å². The Morgan fingerprint density at radius 3 is 1.23 bits per heavy atom. The van der Waals surface area contributed by atoms with Crippen LogP contribution in [0, 0.1) is 0 Å². The fourth-order valence-corrected chi connectivity index (χ4v) is 5.02. The Kier molecular flexibility index (Phi) is 22.6. The van der Waals surface area contributed by atoms with Gasteiger partial charge in [-0.2, -0.15) is 0 Å². The largest absolute Gasteiger partial charge is 0.494 e. The summed E-state index contributed by atoms with van der Waals surface area (Å²) in [6, 6.07) is 15.3. The number of ether oxygens (including phenoxy) is 2. The predicted octanol–water partition coefficient (Wildman–Crippen LogP) is 10.9. The highest BCUT2D eigenvalue weighted by Crippen LogP contribution is 2.18. The van der Waals surface area contributed by atoms with Crippen LogP contribution in [0.3, 0.4) is 0 Å². The Morgan fingerprint density at radius 1 is 0.558 bits per heavy atom. The van der Waals surface area contributed by atoms with E-state index in [1.807, 2.05) is 62.4 Å². The van der Waals surface area contributed by atoms with Gasteiger partial charge >= 0.3 is 0 Å². The minimum absolute atomic E-state index is 0.535. The molecule has 0 radical (unpaired) electrons. The molecule has 0 spiro atoms. The number of nitrogens with zero attached hydrogens (tertiary/aromatic N) is 1. The van der Waals surface area contributed by atoms with E-state index < -0.39 is 0 Å². The third-order valence-corrected chi connectivity index (χ3v) is 8.02. The number of anilines is 2. The molecule has 0 unspecified atom stereocenters. The SMILES string of the molecule is CCCCCCCCCCCCCCCC[N+](C)(C)CC.CCOc1ccc(NC(=S)Nc2ccc(OCC)cc2)cc1. The number of hydrogen-bond acceptors (Lipinski definition) is 3. The van der Waals surface area contributed by atoms with Gasteiger partial charge in [-0.25, -0.2) is 0 Å². The monoisotopic (exact) mass is 614 g/mol. The third-order valence-electron chi connectivity index (χ3n) is 7.82. The van der Waals surface area contributed by atoms with E-state index in [1.54, 1.807) is 0 Å². The van der Waals surface area contributed by atoms with Crippen LogP contribution in [-0.2, 0) is 0 Å². The van der Waals surface area contributed by atoms with Crippen LogP contribution in [0.25, 0.3) is 0 Å². The van der Waals surface area contributed by atoms with Crippen molar-refractivity contribution in [2.75, 3.05) is 51.0 Å². The van der Waals surface area contributed by atoms with Gasteiger partial charge in [0.15, 0.2) is 5.11 Å². The molecule has 0 bridgehead atoms. The second-order valence-corrected chi connectivity index (χ2v) is 12.5. The number of unbranched alkanes of at least 4 members (excludes halogenated alkanes) is 13. The standard InChI is InChI=1S/C20H44N.C17H20N2O2S/c1-5-7-8-9-10-11-12-13-14-15-16-17-18-19-20-21(3,4)6-2;1-3-20-15-9-5-13(6-10-15)18-17(22)19-14-7-11-16(12-8-14)21-4-2/h5-20H2,1-4H3;5-12H,3-4H2,1-2H3,(H2,18,19,22)/q+1;. The molecule has 2 aromatic rings. The maximum atomic E-state index is 5.40. The number of hydrogen-bond donors (Lipinski definition) is 2. The molecule has 6 heteroatoms. The van der Waals surface area contributed by atoms with E-state index in [0.29, 0.717) is 18.3 Å². The molecule has 0 amide bonds. The van der Waals surface area contributed by atoms with Crippen molar-refractivity contribution in [3.63, 3.8) is 0 Å². The molecule has 0 aliphatic carbocycles. The molecule has 0 saturated heterocycles. The molecule has 0 fully saturated rings. The number of nitrogens with one attached hydrogen (secondary N) is 2. The van der Waals surface area contributed by atoms with Gasteiger partial charge in [0.05, 0.1) is 40.4 Å². The molecule has 2 N–H and O–H groups in total. The topological polar surface area (TPSA) is 42.5 Å². The summed E-state index contributed by atoms with van der Waals surface area (Å²) < 4.78 is 12.0. The van der Waals surface area contributed by atoms with Crippen molar-refractivity contribution in [1.82, 2.24) is 0 Å². The first-order valence-electron chi connectivity index (χ1n) is 17.2. The summed E-state index contributed by atoms with van der Waals surface area (Å²) in [7, 11) is 4.70. The van der Waals surface area contributed by atoms with Crippen molar-refractivity contribution in [2.24, 2.45) is 0 Å². The summed E-state index contributed by atoms with van der Waals surface area (Å²) in [5.74, 6) is 1.69. The van der Waals surface area contributed by atoms with Crippen molar-refractivity contribution in [3.05, 3.63) is 48.5 Å². The molecular formula is C37H64N3O2S+. The fraction of sp³-hybridized carbons (Fsp3) is 0.649. The molecule has 0 saturated carbocycles. The molecule has 0 aliphatic heterocycles. The molecule has 2 rings (SSSR count). The molecule has 5 nitrogen and oxygen atoms in total. The van der Waals surface area contributed by atoms with Crippen LogP contribution < -0.4 is 20.1 Å². The van der Waals surface area contributed by atoms with Crippen LogP contribution in [0.4, 0.5) is 11.4 Å². The summed E-state index contributed by atoms with van der Waals surface area (Å²) in [4.78, 5) is 0. The number of thiocarbonyl (C=S) groups is 1. The van der Waals surface area contributed by atoms with Crippen LogP contribution >= 0.6 is 12.2 Å². The lowest BCUT2D eigenvalue weighted by Crippen LogP contribution is -2.39. The number of rotatable bonds is 22. The number of quaternary nitrogens is 1. The molecule has 0 aliphatic rings. The lowest BCUT2D eigenvalue weighted by Gasteiger charge is -2.28. The maximum Gasteiger partial charge on any atom is 0.175 e. The van der Waals surface area contributed by atoms with E-state index in [1.165, 1.54) is 107 Å². The van der Waals surface area contributed by atoms with E-state index >= 15 is 0 Å². The first-order valence-corrected chi connectivity index (χ1v) is 17.6. The summed E-state index contributed by atoms with van der Waals surface area (Å²) in [6.07, 6.45) is 20.4. The van der Waals surface area contributed by atoms with Crippen LogP contribution in [0.1, 0.15) is 118 Å². The van der Waals surface area contributed by atoms with E-state index in [2.05, 4.69) is 38.6 Å². The first-order chi connectivity index (χ1) is 20.8. The Balaban J connectivity index is 0.000000431. The van der Waals surface area contributed by atoms with Gasteiger partial charge in [0.25, 0.3) is 0 Å². The zero-order valence-corrected chi connectivity index (χ0v) is 29.3. The molecule has 43 heavy (non-hydrogen) atoms. The Hall–Kier alpha value is -2.31. The smallest absolute Gasteiger partial charge is 0.175 e. The zero-order chi connectivity index (χ0) is 31.6. The molecule has 244 valence electrons. The zero-order valence-electron chi connectivity index (χ0n) is 28.5. The van der Waals surface area contributed by atoms with Gasteiger partial charge in [-0.1, -0.05) is 84.0 Å². The lowest BCUT2D eigenvalue weighted by molar-refractivity contribution is -0.888. The van der Waals surface area contributed by atoms with E-state index in [-0.39, 0.29) is 0 Å². The highest BCUT2D eigenvalue weighted by atomic mass is 32.1. The Labute approximate surface area is 270 Å². The van der Waals surface area contributed by atoms with Gasteiger partial charge in [-0.3, -0.25) is 0 Å². The van der Waals surface area contributed by atoms with Crippen molar-refractivity contribution in [2.45, 2.75) is 118 Å². The Bertz CT molecular complexity index is 878. The third kappa shape index (κ3) is 21.1. The average Bonchev–Trinajstić information content (AvgIpc) is 3.00. The summed E-state index contributed by atoms with van der Waals surface area (Å²) in [5.41, 5.74) is 1.82. The second kappa shape index (κ2) is 25.1. The quantitative estimate of drug-likeness (QED) is 0.0784. The molecule has 0 heterocycles. The summed E-state index contributed by atoms with van der Waals surface area (Å²) in [6.45, 7) is 12.4. The number of benzene rings is 2. The predicted molar refractivity (Wildman–Crippen MR) is 193 cm³/mol. The molecule has 0 aromatic heterocycles. The van der Waals surface area contributed by atoms with Gasteiger partial charge in [0.2, 0.25) is 0 Å².